The predicted molar refractivity (Wildman–Crippen MR) is 113 cm³/mol. The fourth-order valence-electron chi connectivity index (χ4n) is 3.53. The highest BCUT2D eigenvalue weighted by molar-refractivity contribution is 7.10. The van der Waals surface area contributed by atoms with Crippen molar-refractivity contribution in [1.82, 2.24) is 0 Å². The summed E-state index contributed by atoms with van der Waals surface area (Å²) in [6.07, 6.45) is 0. The van der Waals surface area contributed by atoms with Crippen molar-refractivity contribution in [2.45, 2.75) is 13.0 Å². The molecule has 31 heavy (non-hydrogen) atoms. The van der Waals surface area contributed by atoms with Crippen LogP contribution in [0.2, 0.25) is 0 Å². The molecule has 1 N–H and O–H groups in total. The van der Waals surface area contributed by atoms with Crippen molar-refractivity contribution in [2.24, 2.45) is 0 Å². The number of aryl methyl sites for hydroxylation is 1. The number of halogens is 1. The highest BCUT2D eigenvalue weighted by Crippen LogP contribution is 2.44. The summed E-state index contributed by atoms with van der Waals surface area (Å²) in [6, 6.07) is 11.2. The second kappa shape index (κ2) is 7.77. The first-order valence-electron chi connectivity index (χ1n) is 9.15. The van der Waals surface area contributed by atoms with Crippen molar-refractivity contribution in [3.8, 4) is 0 Å². The van der Waals surface area contributed by atoms with E-state index in [1.807, 2.05) is 13.0 Å². The number of ketones is 1. The van der Waals surface area contributed by atoms with Gasteiger partial charge in [0, 0.05) is 28.3 Å². The number of rotatable bonds is 4. The van der Waals surface area contributed by atoms with Gasteiger partial charge in [-0.15, -0.1) is 11.3 Å². The first-order valence-corrected chi connectivity index (χ1v) is 10.0. The number of non-ortho nitro benzene ring substituents is 1. The van der Waals surface area contributed by atoms with E-state index in [-0.39, 0.29) is 22.5 Å². The maximum Gasteiger partial charge on any atom is 0.300 e. The van der Waals surface area contributed by atoms with E-state index < -0.39 is 34.2 Å². The first-order chi connectivity index (χ1) is 14.8. The zero-order chi connectivity index (χ0) is 22.3. The number of anilines is 1. The highest BCUT2D eigenvalue weighted by atomic mass is 32.1. The first kappa shape index (κ1) is 20.4. The Labute approximate surface area is 179 Å². The molecule has 1 aliphatic rings. The standard InChI is InChI=1S/C22H15FN2O5S/c1-12-9-10-31-21(12)18-17(19(26)13-5-7-15(8-6-13)25(29)30)20(27)22(28)24(18)16-4-2-3-14(23)11-16/h2-11,18,26H,1H3/b19-17-. The molecule has 1 amide bonds. The summed E-state index contributed by atoms with van der Waals surface area (Å²) < 4.78 is 13.9. The second-order valence-corrected chi connectivity index (χ2v) is 7.87. The number of hydrogen-bond acceptors (Lipinski definition) is 6. The summed E-state index contributed by atoms with van der Waals surface area (Å²) in [4.78, 5) is 38.1. The van der Waals surface area contributed by atoms with E-state index in [0.29, 0.717) is 4.88 Å². The lowest BCUT2D eigenvalue weighted by Gasteiger charge is -2.25. The molecule has 0 saturated carbocycles. The molecule has 2 aromatic carbocycles. The Balaban J connectivity index is 1.92. The lowest BCUT2D eigenvalue weighted by molar-refractivity contribution is -0.384. The smallest absolute Gasteiger partial charge is 0.300 e. The fraction of sp³-hybridized carbons (Fsp3) is 0.0909. The van der Waals surface area contributed by atoms with Gasteiger partial charge in [0.15, 0.2) is 0 Å². The van der Waals surface area contributed by atoms with Crippen LogP contribution in [0.5, 0.6) is 0 Å². The number of aliphatic hydroxyl groups is 1. The topological polar surface area (TPSA) is 101 Å². The molecule has 0 bridgehead atoms. The Morgan fingerprint density at radius 1 is 1.16 bits per heavy atom. The molecule has 3 aromatic rings. The Hall–Kier alpha value is -3.85. The largest absolute Gasteiger partial charge is 0.507 e. The molecule has 1 fully saturated rings. The van der Waals surface area contributed by atoms with Crippen LogP contribution in [0.1, 0.15) is 22.0 Å². The number of benzene rings is 2. The minimum absolute atomic E-state index is 0.155. The summed E-state index contributed by atoms with van der Waals surface area (Å²) in [5, 5.41) is 23.7. The Kier molecular flexibility index (Phi) is 5.12. The third-order valence-corrected chi connectivity index (χ3v) is 6.10. The van der Waals surface area contributed by atoms with Crippen molar-refractivity contribution in [1.29, 1.82) is 0 Å². The maximum absolute atomic E-state index is 13.9. The summed E-state index contributed by atoms with van der Waals surface area (Å²) >= 11 is 1.30. The molecular weight excluding hydrogens is 423 g/mol. The number of Topliss-reactive ketones (excluding diaryl/α,β-unsaturated/α-hetero) is 1. The van der Waals surface area contributed by atoms with Gasteiger partial charge in [-0.2, -0.15) is 0 Å². The number of amides is 1. The van der Waals surface area contributed by atoms with Crippen LogP contribution in [0, 0.1) is 22.9 Å². The molecule has 9 heteroatoms. The van der Waals surface area contributed by atoms with Crippen LogP contribution >= 0.6 is 11.3 Å². The highest BCUT2D eigenvalue weighted by Gasteiger charge is 2.48. The Morgan fingerprint density at radius 3 is 2.45 bits per heavy atom. The fourth-order valence-corrected chi connectivity index (χ4v) is 4.56. The van der Waals surface area contributed by atoms with Crippen molar-refractivity contribution >= 4 is 40.2 Å². The lowest BCUT2D eigenvalue weighted by atomic mass is 9.98. The van der Waals surface area contributed by atoms with Crippen molar-refractivity contribution < 1.29 is 24.0 Å². The van der Waals surface area contributed by atoms with Crippen LogP contribution in [-0.4, -0.2) is 21.7 Å². The molecule has 156 valence electrons. The van der Waals surface area contributed by atoms with Crippen LogP contribution in [0.4, 0.5) is 15.8 Å². The molecule has 2 heterocycles. The van der Waals surface area contributed by atoms with Crippen LogP contribution in [0.25, 0.3) is 5.76 Å². The average Bonchev–Trinajstić information content (AvgIpc) is 3.28. The summed E-state index contributed by atoms with van der Waals surface area (Å²) in [6.45, 7) is 1.81. The van der Waals surface area contributed by atoms with E-state index in [4.69, 9.17) is 0 Å². The Bertz CT molecular complexity index is 1250. The van der Waals surface area contributed by atoms with Crippen LogP contribution in [0.15, 0.2) is 65.6 Å². The van der Waals surface area contributed by atoms with Gasteiger partial charge in [0.25, 0.3) is 17.4 Å². The normalized spacial score (nSPS) is 17.9. The van der Waals surface area contributed by atoms with E-state index in [9.17, 15) is 29.2 Å². The zero-order valence-electron chi connectivity index (χ0n) is 16.1. The molecule has 1 aliphatic heterocycles. The SMILES string of the molecule is Cc1ccsc1C1/C(=C(/O)c2ccc([N+](=O)[O-])cc2)C(=O)C(=O)N1c1cccc(F)c1. The number of nitro groups is 1. The summed E-state index contributed by atoms with van der Waals surface area (Å²) in [5.41, 5.74) is 0.800. The van der Waals surface area contributed by atoms with E-state index in [1.165, 1.54) is 58.7 Å². The average molecular weight is 438 g/mol. The van der Waals surface area contributed by atoms with Crippen LogP contribution in [0.3, 0.4) is 0 Å². The molecule has 0 radical (unpaired) electrons. The monoisotopic (exact) mass is 438 g/mol. The third kappa shape index (κ3) is 3.49. The van der Waals surface area contributed by atoms with Gasteiger partial charge in [-0.05, 0) is 54.3 Å². The van der Waals surface area contributed by atoms with Crippen molar-refractivity contribution in [3.05, 3.63) is 97.5 Å². The van der Waals surface area contributed by atoms with E-state index in [0.717, 1.165) is 11.6 Å². The van der Waals surface area contributed by atoms with Gasteiger partial charge in [0.05, 0.1) is 10.5 Å². The molecule has 1 aromatic heterocycles. The number of thiophene rings is 1. The summed E-state index contributed by atoms with van der Waals surface area (Å²) in [7, 11) is 0. The molecular formula is C22H15FN2O5S. The zero-order valence-corrected chi connectivity index (χ0v) is 16.9. The minimum atomic E-state index is -0.961. The number of carbonyl (C=O) groups is 2. The van der Waals surface area contributed by atoms with Gasteiger partial charge in [-0.3, -0.25) is 24.6 Å². The number of nitro benzene ring substituents is 1. The Morgan fingerprint density at radius 2 is 1.87 bits per heavy atom. The molecule has 7 nitrogen and oxygen atoms in total. The van der Waals surface area contributed by atoms with Gasteiger partial charge in [-0.1, -0.05) is 6.07 Å². The van der Waals surface area contributed by atoms with E-state index in [1.54, 1.807) is 5.38 Å². The molecule has 4 rings (SSSR count). The number of carbonyl (C=O) groups excluding carboxylic acids is 2. The quantitative estimate of drug-likeness (QED) is 0.209. The minimum Gasteiger partial charge on any atom is -0.507 e. The van der Waals surface area contributed by atoms with Gasteiger partial charge in [0.2, 0.25) is 0 Å². The predicted octanol–water partition coefficient (Wildman–Crippen LogP) is 4.73. The third-order valence-electron chi connectivity index (χ3n) is 5.03. The van der Waals surface area contributed by atoms with Gasteiger partial charge in [0.1, 0.15) is 17.6 Å². The molecule has 1 atom stereocenters. The van der Waals surface area contributed by atoms with Crippen LogP contribution < -0.4 is 4.90 Å². The van der Waals surface area contributed by atoms with Gasteiger partial charge in [-0.25, -0.2) is 4.39 Å². The van der Waals surface area contributed by atoms with Gasteiger partial charge >= 0.3 is 0 Å². The molecule has 0 aliphatic carbocycles. The second-order valence-electron chi connectivity index (χ2n) is 6.92. The molecule has 1 unspecified atom stereocenters. The van der Waals surface area contributed by atoms with E-state index >= 15 is 0 Å². The van der Waals surface area contributed by atoms with Crippen LogP contribution in [-0.2, 0) is 9.59 Å². The van der Waals surface area contributed by atoms with E-state index in [2.05, 4.69) is 0 Å². The van der Waals surface area contributed by atoms with Crippen molar-refractivity contribution in [2.75, 3.05) is 4.90 Å². The molecule has 1 saturated heterocycles. The molecule has 0 spiro atoms. The summed E-state index contributed by atoms with van der Waals surface area (Å²) in [5.74, 6) is -2.84. The number of aliphatic hydroxyl groups excluding tert-OH is 1. The number of hydrogen-bond donors (Lipinski definition) is 1. The number of nitrogens with zero attached hydrogens (tertiary/aromatic N) is 2. The lowest BCUT2D eigenvalue weighted by Crippen LogP contribution is -2.29. The van der Waals surface area contributed by atoms with Gasteiger partial charge < -0.3 is 5.11 Å². The maximum atomic E-state index is 13.9. The van der Waals surface area contributed by atoms with Crippen molar-refractivity contribution in [3.63, 3.8) is 0 Å².